The first kappa shape index (κ1) is 24.7. The second kappa shape index (κ2) is 11.8. The summed E-state index contributed by atoms with van der Waals surface area (Å²) >= 11 is 0. The van der Waals surface area contributed by atoms with Crippen molar-refractivity contribution in [2.24, 2.45) is 0 Å². The molecule has 1 unspecified atom stereocenters. The highest BCUT2D eigenvalue weighted by Crippen LogP contribution is 2.29. The molecule has 0 radical (unpaired) electrons. The summed E-state index contributed by atoms with van der Waals surface area (Å²) in [7, 11) is 1.96. The van der Waals surface area contributed by atoms with Crippen LogP contribution in [0, 0.1) is 0 Å². The number of ether oxygens (including phenoxy) is 3. The fourth-order valence-corrected chi connectivity index (χ4v) is 5.12. The van der Waals surface area contributed by atoms with Gasteiger partial charge in [-0.2, -0.15) is 0 Å². The Morgan fingerprint density at radius 2 is 1.46 bits per heavy atom. The number of amides is 1. The maximum absolute atomic E-state index is 13.1. The second-order valence-corrected chi connectivity index (χ2v) is 9.60. The Bertz CT molecular complexity index is 1130. The third kappa shape index (κ3) is 6.18. The first-order valence-corrected chi connectivity index (χ1v) is 12.7. The smallest absolute Gasteiger partial charge is 0.262 e. The molecule has 1 aliphatic rings. The summed E-state index contributed by atoms with van der Waals surface area (Å²) < 4.78 is 29.5. The largest absolute Gasteiger partial charge is 0.497 e. The molecule has 1 atom stereocenters. The summed E-state index contributed by atoms with van der Waals surface area (Å²) in [5.74, 6) is 1.76. The van der Waals surface area contributed by atoms with Crippen molar-refractivity contribution in [3.8, 4) is 11.5 Å². The first-order chi connectivity index (χ1) is 17.1. The van der Waals surface area contributed by atoms with Gasteiger partial charge in [0.1, 0.15) is 22.5 Å². The van der Waals surface area contributed by atoms with Crippen LogP contribution >= 0.6 is 0 Å². The molecule has 0 aliphatic carbocycles. The molecule has 1 fully saturated rings. The van der Waals surface area contributed by atoms with Gasteiger partial charge in [0, 0.05) is 18.8 Å². The van der Waals surface area contributed by atoms with Crippen molar-refractivity contribution in [2.45, 2.75) is 6.10 Å². The van der Waals surface area contributed by atoms with E-state index in [1.807, 2.05) is 78.9 Å². The molecule has 0 N–H and O–H groups in total. The van der Waals surface area contributed by atoms with Crippen molar-refractivity contribution < 1.29 is 23.2 Å². The van der Waals surface area contributed by atoms with E-state index in [4.69, 9.17) is 14.2 Å². The van der Waals surface area contributed by atoms with Crippen molar-refractivity contribution in [2.75, 3.05) is 39.7 Å². The Morgan fingerprint density at radius 1 is 0.886 bits per heavy atom. The summed E-state index contributed by atoms with van der Waals surface area (Å²) in [6, 6.07) is 25.0. The maximum Gasteiger partial charge on any atom is 0.262 e. The zero-order valence-electron chi connectivity index (χ0n) is 19.9. The van der Waals surface area contributed by atoms with E-state index in [9.17, 15) is 9.00 Å². The molecule has 4 rings (SSSR count). The highest BCUT2D eigenvalue weighted by molar-refractivity contribution is 7.90. The Kier molecular flexibility index (Phi) is 8.34. The average molecular weight is 492 g/mol. The highest BCUT2D eigenvalue weighted by Gasteiger charge is 2.29. The average Bonchev–Trinajstić information content (AvgIpc) is 2.91. The van der Waals surface area contributed by atoms with E-state index in [-0.39, 0.29) is 12.0 Å². The van der Waals surface area contributed by atoms with Crippen LogP contribution in [0.5, 0.6) is 11.5 Å². The van der Waals surface area contributed by atoms with Crippen molar-refractivity contribution in [1.29, 1.82) is 0 Å². The number of hydrogen-bond acceptors (Lipinski definition) is 5. The van der Waals surface area contributed by atoms with Crippen LogP contribution in [0.25, 0.3) is 6.08 Å². The van der Waals surface area contributed by atoms with Crippen LogP contribution < -0.4 is 9.47 Å². The predicted molar refractivity (Wildman–Crippen MR) is 138 cm³/mol. The van der Waals surface area contributed by atoms with Crippen LogP contribution in [0.1, 0.15) is 22.8 Å². The van der Waals surface area contributed by atoms with Gasteiger partial charge in [-0.1, -0.05) is 54.6 Å². The summed E-state index contributed by atoms with van der Waals surface area (Å²) in [5, 5.41) is 0. The topological polar surface area (TPSA) is 65.1 Å². The Morgan fingerprint density at radius 3 is 2.00 bits per heavy atom. The third-order valence-corrected chi connectivity index (χ3v) is 7.21. The quantitative estimate of drug-likeness (QED) is 0.414. The lowest BCUT2D eigenvalue weighted by Gasteiger charge is -2.29. The summed E-state index contributed by atoms with van der Waals surface area (Å²) in [6.07, 6.45) is 1.41. The molecule has 0 spiro atoms. The number of nitrogens with zero attached hydrogens (tertiary/aromatic N) is 1. The Hall–Kier alpha value is -3.42. The van der Waals surface area contributed by atoms with Crippen LogP contribution in [0.2, 0.25) is 0 Å². The van der Waals surface area contributed by atoms with E-state index in [2.05, 4.69) is 0 Å². The molecule has 1 aliphatic heterocycles. The van der Waals surface area contributed by atoms with Gasteiger partial charge in [0.25, 0.3) is 5.91 Å². The lowest BCUT2D eigenvalue weighted by atomic mass is 10.0. The molecule has 0 aromatic heterocycles. The minimum Gasteiger partial charge on any atom is -0.497 e. The Labute approximate surface area is 208 Å². The van der Waals surface area contributed by atoms with E-state index in [1.165, 1.54) is 0 Å². The molecular weight excluding hydrogens is 462 g/mol. The summed E-state index contributed by atoms with van der Waals surface area (Å²) in [4.78, 5) is 15.1. The molecule has 0 bridgehead atoms. The van der Waals surface area contributed by atoms with Gasteiger partial charge in [-0.05, 0) is 47.0 Å². The second-order valence-electron chi connectivity index (χ2n) is 8.06. The van der Waals surface area contributed by atoms with Gasteiger partial charge in [0.2, 0.25) is 0 Å². The highest BCUT2D eigenvalue weighted by atomic mass is 32.2. The van der Waals surface area contributed by atoms with E-state index in [0.717, 1.165) is 28.2 Å². The van der Waals surface area contributed by atoms with Crippen LogP contribution in [0.15, 0.2) is 83.8 Å². The lowest BCUT2D eigenvalue weighted by Crippen LogP contribution is -2.43. The van der Waals surface area contributed by atoms with Gasteiger partial charge in [-0.3, -0.25) is 9.00 Å². The number of carbonyl (C=O) groups is 1. The summed E-state index contributed by atoms with van der Waals surface area (Å²) in [6.45, 7) is 1.18. The predicted octanol–water partition coefficient (Wildman–Crippen LogP) is 4.44. The molecule has 6 nitrogen and oxygen atoms in total. The molecule has 182 valence electrons. The fraction of sp³-hybridized carbons (Fsp3) is 0.250. The molecule has 0 saturated carbocycles. The minimum atomic E-state index is -1.30. The summed E-state index contributed by atoms with van der Waals surface area (Å²) in [5.41, 5.74) is 2.82. The van der Waals surface area contributed by atoms with Crippen molar-refractivity contribution in [1.82, 2.24) is 4.90 Å². The van der Waals surface area contributed by atoms with Crippen LogP contribution in [0.3, 0.4) is 0 Å². The van der Waals surface area contributed by atoms with Gasteiger partial charge in [-0.15, -0.1) is 0 Å². The monoisotopic (exact) mass is 491 g/mol. The van der Waals surface area contributed by atoms with Crippen LogP contribution in [0.4, 0.5) is 0 Å². The van der Waals surface area contributed by atoms with Crippen molar-refractivity contribution >= 4 is 22.8 Å². The van der Waals surface area contributed by atoms with E-state index >= 15 is 0 Å². The number of benzene rings is 3. The van der Waals surface area contributed by atoms with E-state index in [0.29, 0.717) is 30.4 Å². The molecule has 1 saturated heterocycles. The van der Waals surface area contributed by atoms with Crippen molar-refractivity contribution in [3.63, 3.8) is 0 Å². The van der Waals surface area contributed by atoms with Crippen LogP contribution in [-0.4, -0.2) is 54.7 Å². The molecule has 1 heterocycles. The number of rotatable bonds is 9. The zero-order valence-corrected chi connectivity index (χ0v) is 20.7. The van der Waals surface area contributed by atoms with Gasteiger partial charge >= 0.3 is 0 Å². The van der Waals surface area contributed by atoms with Gasteiger partial charge in [0.15, 0.2) is 0 Å². The minimum absolute atomic E-state index is 0.201. The fourth-order valence-electron chi connectivity index (χ4n) is 3.92. The first-order valence-electron chi connectivity index (χ1n) is 11.4. The third-order valence-electron chi connectivity index (χ3n) is 5.87. The van der Waals surface area contributed by atoms with Gasteiger partial charge < -0.3 is 19.1 Å². The normalized spacial score (nSPS) is 17.1. The van der Waals surface area contributed by atoms with E-state index in [1.54, 1.807) is 25.2 Å². The number of carbonyl (C=O) groups excluding carboxylic acids is 1. The number of methoxy groups -OCH3 is 2. The van der Waals surface area contributed by atoms with Gasteiger partial charge in [-0.25, -0.2) is 0 Å². The molecule has 3 aromatic rings. The zero-order chi connectivity index (χ0) is 24.6. The van der Waals surface area contributed by atoms with Crippen LogP contribution in [-0.2, 0) is 20.3 Å². The molecule has 35 heavy (non-hydrogen) atoms. The molecule has 1 amide bonds. The maximum atomic E-state index is 13.1. The van der Waals surface area contributed by atoms with Crippen molar-refractivity contribution in [3.05, 3.63) is 100 Å². The molecule has 3 aromatic carbocycles. The molecular formula is C28H29NO5S. The van der Waals surface area contributed by atoms with E-state index < -0.39 is 10.8 Å². The standard InChI is InChI=1S/C28H29NO5S/c1-32-24-12-8-22(9-13-24)27(23-10-14-25(33-2)15-11-23)34-18-16-29-17-19-35(31)26(28(29)30)20-21-6-4-3-5-7-21/h3-15,20,27H,16-19H2,1-2H3. The lowest BCUT2D eigenvalue weighted by molar-refractivity contribution is -0.127. The van der Waals surface area contributed by atoms with Gasteiger partial charge in [0.05, 0.1) is 31.6 Å². The SMILES string of the molecule is COc1ccc(C(OCCN2CCS(=O)C(=Cc3ccccc3)C2=O)c2ccc(OC)cc2)cc1. The Balaban J connectivity index is 1.47. The number of hydrogen-bond donors (Lipinski definition) is 0. The molecule has 7 heteroatoms.